The van der Waals surface area contributed by atoms with Crippen molar-refractivity contribution in [3.05, 3.63) is 18.1 Å². The van der Waals surface area contributed by atoms with Gasteiger partial charge in [0, 0.05) is 6.20 Å². The minimum atomic E-state index is -0.306. The van der Waals surface area contributed by atoms with Crippen LogP contribution in [0.5, 0.6) is 0 Å². The van der Waals surface area contributed by atoms with Crippen LogP contribution in [0, 0.1) is 5.92 Å². The number of anilines is 1. The summed E-state index contributed by atoms with van der Waals surface area (Å²) < 4.78 is 0. The minimum absolute atomic E-state index is 0.306. The fourth-order valence-electron chi connectivity index (χ4n) is 2.09. The van der Waals surface area contributed by atoms with E-state index in [9.17, 15) is 4.79 Å². The fraction of sp³-hybridized carbons (Fsp3) is 0.545. The molecule has 1 heterocycles. The third-order valence-corrected chi connectivity index (χ3v) is 3.08. The van der Waals surface area contributed by atoms with Crippen LogP contribution >= 0.6 is 0 Å². The molecular weight excluding hydrogens is 218 g/mol. The van der Waals surface area contributed by atoms with Gasteiger partial charge in [0.15, 0.2) is 0 Å². The Bertz CT molecular complexity index is 392. The molecule has 3 N–H and O–H groups in total. The number of aromatic nitrogens is 3. The number of carbonyl (C=O) groups excluding carboxylic acids is 1. The summed E-state index contributed by atoms with van der Waals surface area (Å²) in [6, 6.07) is -0.306. The molecule has 0 bridgehead atoms. The summed E-state index contributed by atoms with van der Waals surface area (Å²) in [5, 5.41) is 11.4. The molecule has 17 heavy (non-hydrogen) atoms. The van der Waals surface area contributed by atoms with Crippen molar-refractivity contribution in [2.75, 3.05) is 5.32 Å². The maximum absolute atomic E-state index is 11.5. The number of rotatable bonds is 3. The van der Waals surface area contributed by atoms with E-state index in [0.717, 1.165) is 0 Å². The number of allylic oxidation sites excluding steroid dienone is 1. The van der Waals surface area contributed by atoms with Crippen molar-refractivity contribution in [3.63, 3.8) is 0 Å². The van der Waals surface area contributed by atoms with E-state index in [1.165, 1.54) is 37.6 Å². The predicted octanol–water partition coefficient (Wildman–Crippen LogP) is 2.02. The lowest BCUT2D eigenvalue weighted by molar-refractivity contribution is 0.254. The van der Waals surface area contributed by atoms with E-state index in [0.29, 0.717) is 11.9 Å². The monoisotopic (exact) mass is 235 g/mol. The number of nitrogens with one attached hydrogen (secondary N) is 3. The molecule has 6 nitrogen and oxygen atoms in total. The van der Waals surface area contributed by atoms with E-state index in [-0.39, 0.29) is 6.03 Å². The molecule has 0 aromatic carbocycles. The van der Waals surface area contributed by atoms with Crippen molar-refractivity contribution in [1.29, 1.82) is 0 Å². The van der Waals surface area contributed by atoms with Crippen molar-refractivity contribution < 1.29 is 4.79 Å². The molecule has 1 aliphatic carbocycles. The number of aromatic amines is 1. The van der Waals surface area contributed by atoms with Crippen LogP contribution in [0.15, 0.2) is 18.1 Å². The van der Waals surface area contributed by atoms with Crippen LogP contribution in [0.25, 0.3) is 0 Å². The Labute approximate surface area is 99.9 Å². The average molecular weight is 235 g/mol. The number of H-pyrrole nitrogens is 1. The first kappa shape index (κ1) is 11.6. The second-order valence-electron chi connectivity index (χ2n) is 4.30. The van der Waals surface area contributed by atoms with Crippen LogP contribution < -0.4 is 10.6 Å². The molecule has 1 aromatic rings. The van der Waals surface area contributed by atoms with Crippen molar-refractivity contribution >= 4 is 12.0 Å². The number of nitrogens with zero attached hydrogens (tertiary/aromatic N) is 2. The highest BCUT2D eigenvalue weighted by Crippen LogP contribution is 2.30. The Morgan fingerprint density at radius 2 is 2.29 bits per heavy atom. The Hall–Kier alpha value is -1.85. The van der Waals surface area contributed by atoms with Gasteiger partial charge in [-0.15, -0.1) is 0 Å². The van der Waals surface area contributed by atoms with Gasteiger partial charge in [0.25, 0.3) is 0 Å². The van der Waals surface area contributed by atoms with Crippen LogP contribution in [0.4, 0.5) is 10.7 Å². The summed E-state index contributed by atoms with van der Waals surface area (Å²) in [5.41, 5.74) is 1.23. The lowest BCUT2D eigenvalue weighted by atomic mass is 10.0. The fourth-order valence-corrected chi connectivity index (χ4v) is 2.09. The topological polar surface area (TPSA) is 82.7 Å². The first-order valence-corrected chi connectivity index (χ1v) is 5.85. The van der Waals surface area contributed by atoms with E-state index < -0.39 is 0 Å². The van der Waals surface area contributed by atoms with Gasteiger partial charge >= 0.3 is 6.03 Å². The highest BCUT2D eigenvalue weighted by Gasteiger charge is 2.16. The van der Waals surface area contributed by atoms with Gasteiger partial charge in [-0.25, -0.2) is 9.89 Å². The number of carbonyl (C=O) groups is 1. The molecule has 0 unspecified atom stereocenters. The first-order chi connectivity index (χ1) is 8.25. The van der Waals surface area contributed by atoms with Crippen LogP contribution in [0.1, 0.15) is 32.6 Å². The number of hydrogen-bond donors (Lipinski definition) is 3. The summed E-state index contributed by atoms with van der Waals surface area (Å²) in [4.78, 5) is 15.3. The number of amides is 2. The average Bonchev–Trinajstić information content (AvgIpc) is 2.97. The highest BCUT2D eigenvalue weighted by molar-refractivity contribution is 5.87. The van der Waals surface area contributed by atoms with Crippen molar-refractivity contribution in [3.8, 4) is 0 Å². The van der Waals surface area contributed by atoms with Gasteiger partial charge in [0.05, 0.1) is 0 Å². The Kier molecular flexibility index (Phi) is 3.74. The molecule has 2 amide bonds. The normalized spacial score (nSPS) is 17.1. The molecule has 1 aliphatic rings. The largest absolute Gasteiger partial charge is 0.325 e. The summed E-state index contributed by atoms with van der Waals surface area (Å²) in [7, 11) is 0. The Morgan fingerprint density at radius 1 is 1.53 bits per heavy atom. The standard InChI is InChI=1S/C11H17N5O/c1-8(9-4-2-3-5-9)6-12-11(17)15-10-13-7-14-16-10/h6-7,9H,2-5H2,1H3,(H3,12,13,14,15,16,17)/b8-6+. The van der Waals surface area contributed by atoms with Crippen LogP contribution in [-0.2, 0) is 0 Å². The summed E-state index contributed by atoms with van der Waals surface area (Å²) in [5.74, 6) is 0.968. The van der Waals surface area contributed by atoms with Crippen LogP contribution in [0.2, 0.25) is 0 Å². The van der Waals surface area contributed by atoms with Gasteiger partial charge in [-0.3, -0.25) is 5.32 Å². The van der Waals surface area contributed by atoms with Crippen molar-refractivity contribution in [2.45, 2.75) is 32.6 Å². The zero-order chi connectivity index (χ0) is 12.1. The molecule has 92 valence electrons. The van der Waals surface area contributed by atoms with Crippen LogP contribution in [-0.4, -0.2) is 21.2 Å². The molecule has 0 saturated heterocycles. The summed E-state index contributed by atoms with van der Waals surface area (Å²) in [6.07, 6.45) is 8.17. The SMILES string of the molecule is C/C(=C\NC(=O)Nc1ncn[nH]1)C1CCCC1. The van der Waals surface area contributed by atoms with E-state index in [1.807, 2.05) is 0 Å². The molecule has 0 radical (unpaired) electrons. The molecule has 0 spiro atoms. The highest BCUT2D eigenvalue weighted by atomic mass is 16.2. The molecule has 0 aliphatic heterocycles. The van der Waals surface area contributed by atoms with Gasteiger partial charge in [-0.2, -0.15) is 10.1 Å². The third kappa shape index (κ3) is 3.30. The van der Waals surface area contributed by atoms with Gasteiger partial charge in [-0.1, -0.05) is 18.4 Å². The van der Waals surface area contributed by atoms with E-state index in [1.54, 1.807) is 6.20 Å². The maximum Gasteiger partial charge on any atom is 0.325 e. The molecular formula is C11H17N5O. The van der Waals surface area contributed by atoms with Gasteiger partial charge in [0.2, 0.25) is 5.95 Å². The number of urea groups is 1. The molecule has 2 rings (SSSR count). The lowest BCUT2D eigenvalue weighted by Crippen LogP contribution is -2.25. The maximum atomic E-state index is 11.5. The smallest absolute Gasteiger partial charge is 0.314 e. The minimum Gasteiger partial charge on any atom is -0.314 e. The molecule has 1 fully saturated rings. The van der Waals surface area contributed by atoms with Crippen molar-refractivity contribution in [2.24, 2.45) is 5.92 Å². The quantitative estimate of drug-likeness (QED) is 0.749. The molecule has 1 aromatic heterocycles. The molecule has 1 saturated carbocycles. The van der Waals surface area contributed by atoms with Gasteiger partial charge in [0.1, 0.15) is 6.33 Å². The molecule has 6 heteroatoms. The second kappa shape index (κ2) is 5.47. The first-order valence-electron chi connectivity index (χ1n) is 5.85. The zero-order valence-electron chi connectivity index (χ0n) is 9.86. The third-order valence-electron chi connectivity index (χ3n) is 3.08. The number of hydrogen-bond acceptors (Lipinski definition) is 3. The Morgan fingerprint density at radius 3 is 2.94 bits per heavy atom. The van der Waals surface area contributed by atoms with E-state index in [4.69, 9.17) is 0 Å². The van der Waals surface area contributed by atoms with Crippen LogP contribution in [0.3, 0.4) is 0 Å². The predicted molar refractivity (Wildman–Crippen MR) is 64.3 cm³/mol. The zero-order valence-corrected chi connectivity index (χ0v) is 9.86. The van der Waals surface area contributed by atoms with Gasteiger partial charge in [-0.05, 0) is 25.7 Å². The second-order valence-corrected chi connectivity index (χ2v) is 4.30. The lowest BCUT2D eigenvalue weighted by Gasteiger charge is -2.09. The summed E-state index contributed by atoms with van der Waals surface area (Å²) >= 11 is 0. The molecule has 0 atom stereocenters. The van der Waals surface area contributed by atoms with E-state index >= 15 is 0 Å². The Balaban J connectivity index is 1.80. The van der Waals surface area contributed by atoms with E-state index in [2.05, 4.69) is 32.7 Å². The van der Waals surface area contributed by atoms with Gasteiger partial charge < -0.3 is 5.32 Å². The summed E-state index contributed by atoms with van der Waals surface area (Å²) in [6.45, 7) is 2.06. The van der Waals surface area contributed by atoms with Crippen molar-refractivity contribution in [1.82, 2.24) is 20.5 Å².